The Balaban J connectivity index is 1.38. The van der Waals surface area contributed by atoms with Crippen molar-refractivity contribution < 1.29 is 19.0 Å². The molecule has 0 fully saturated rings. The van der Waals surface area contributed by atoms with Crippen molar-refractivity contribution in [3.05, 3.63) is 134 Å². The predicted molar refractivity (Wildman–Crippen MR) is 203 cm³/mol. The van der Waals surface area contributed by atoms with Gasteiger partial charge in [-0.05, 0) is 125 Å². The second kappa shape index (κ2) is 14.3. The highest BCUT2D eigenvalue weighted by Crippen LogP contribution is 2.36. The Kier molecular flexibility index (Phi) is 10.2. The number of carbonyl (C=O) groups is 1. The van der Waals surface area contributed by atoms with E-state index in [0.29, 0.717) is 38.5 Å². The molecule has 0 aliphatic carbocycles. The number of carbonyl (C=O) groups excluding carboxylic acids is 1. The van der Waals surface area contributed by atoms with E-state index in [2.05, 4.69) is 75.5 Å². The van der Waals surface area contributed by atoms with Crippen LogP contribution >= 0.6 is 56.5 Å². The first-order chi connectivity index (χ1) is 22.6. The molecular formula is C37H32I2N2O5S. The van der Waals surface area contributed by atoms with E-state index in [1.54, 1.807) is 18.4 Å². The Hall–Kier alpha value is -3.49. The van der Waals surface area contributed by atoms with E-state index in [-0.39, 0.29) is 18.3 Å². The van der Waals surface area contributed by atoms with Crippen molar-refractivity contribution >= 4 is 79.3 Å². The third-order valence-corrected chi connectivity index (χ3v) is 10.2. The summed E-state index contributed by atoms with van der Waals surface area (Å²) in [5.41, 5.74) is 3.24. The van der Waals surface area contributed by atoms with Gasteiger partial charge in [0.05, 0.1) is 35.7 Å². The molecule has 1 aromatic heterocycles. The number of hydrogen-bond donors (Lipinski definition) is 0. The van der Waals surface area contributed by atoms with Gasteiger partial charge in [0.1, 0.15) is 24.1 Å². The van der Waals surface area contributed by atoms with E-state index in [9.17, 15) is 9.59 Å². The summed E-state index contributed by atoms with van der Waals surface area (Å²) in [6, 6.07) is 25.4. The van der Waals surface area contributed by atoms with Crippen LogP contribution in [-0.4, -0.2) is 23.2 Å². The first-order valence-corrected chi connectivity index (χ1v) is 18.2. The molecule has 0 N–H and O–H groups in total. The van der Waals surface area contributed by atoms with Crippen LogP contribution in [0, 0.1) is 7.14 Å². The number of benzene rings is 4. The molecule has 47 heavy (non-hydrogen) atoms. The van der Waals surface area contributed by atoms with Gasteiger partial charge < -0.3 is 14.2 Å². The number of rotatable bonds is 9. The van der Waals surface area contributed by atoms with E-state index >= 15 is 0 Å². The molecule has 1 aliphatic heterocycles. The van der Waals surface area contributed by atoms with Gasteiger partial charge in [0.15, 0.2) is 4.80 Å². The van der Waals surface area contributed by atoms with Gasteiger partial charge in [0.25, 0.3) is 5.56 Å². The lowest BCUT2D eigenvalue weighted by atomic mass is 9.95. The fourth-order valence-corrected chi connectivity index (χ4v) is 8.76. The van der Waals surface area contributed by atoms with Crippen LogP contribution in [0.4, 0.5) is 0 Å². The molecule has 0 unspecified atom stereocenters. The quantitative estimate of drug-likeness (QED) is 0.113. The third-order valence-electron chi connectivity index (χ3n) is 7.61. The van der Waals surface area contributed by atoms with Gasteiger partial charge in [0.2, 0.25) is 0 Å². The number of esters is 1. The average molecular weight is 871 g/mol. The number of fused-ring (bicyclic) bond motifs is 2. The second-order valence-electron chi connectivity index (χ2n) is 11.3. The zero-order chi connectivity index (χ0) is 33.2. The molecule has 0 saturated carbocycles. The Morgan fingerprint density at radius 1 is 1.00 bits per heavy atom. The minimum Gasteiger partial charge on any atom is -0.491 e. The van der Waals surface area contributed by atoms with E-state index in [4.69, 9.17) is 19.2 Å². The Bertz CT molecular complexity index is 2200. The molecule has 1 atom stereocenters. The fourth-order valence-electron chi connectivity index (χ4n) is 5.59. The number of thiazole rings is 1. The molecular weight excluding hydrogens is 838 g/mol. The summed E-state index contributed by atoms with van der Waals surface area (Å²) in [4.78, 5) is 32.8. The Labute approximate surface area is 303 Å². The number of aromatic nitrogens is 1. The summed E-state index contributed by atoms with van der Waals surface area (Å²) >= 11 is 5.86. The molecule has 240 valence electrons. The van der Waals surface area contributed by atoms with Crippen LogP contribution in [0.5, 0.6) is 11.5 Å². The minimum atomic E-state index is -0.756. The maximum atomic E-state index is 14.2. The third kappa shape index (κ3) is 7.05. The fraction of sp³-hybridized carbons (Fsp3) is 0.216. The number of halogens is 2. The maximum absolute atomic E-state index is 14.2. The molecule has 2 heterocycles. The van der Waals surface area contributed by atoms with Crippen molar-refractivity contribution in [3.63, 3.8) is 0 Å². The predicted octanol–water partition coefficient (Wildman–Crippen LogP) is 7.53. The average Bonchev–Trinajstić information content (AvgIpc) is 3.33. The molecule has 5 aromatic rings. The number of para-hydroxylation sites is 1. The van der Waals surface area contributed by atoms with Crippen LogP contribution < -0.4 is 24.4 Å². The Morgan fingerprint density at radius 2 is 1.70 bits per heavy atom. The normalized spacial score (nSPS) is 14.7. The molecule has 7 nitrogen and oxygen atoms in total. The number of allylic oxidation sites excluding steroid dienone is 1. The second-order valence-corrected chi connectivity index (χ2v) is 14.6. The molecule has 4 aromatic carbocycles. The zero-order valence-electron chi connectivity index (χ0n) is 26.3. The summed E-state index contributed by atoms with van der Waals surface area (Å²) in [6.07, 6.45) is 1.77. The van der Waals surface area contributed by atoms with Gasteiger partial charge in [-0.1, -0.05) is 65.9 Å². The van der Waals surface area contributed by atoms with Gasteiger partial charge in [-0.3, -0.25) is 9.36 Å². The van der Waals surface area contributed by atoms with E-state index in [1.807, 2.05) is 68.5 Å². The van der Waals surface area contributed by atoms with E-state index < -0.39 is 12.0 Å². The zero-order valence-corrected chi connectivity index (χ0v) is 31.4. The number of ether oxygens (including phenoxy) is 3. The highest BCUT2D eigenvalue weighted by atomic mass is 127. The first kappa shape index (κ1) is 33.4. The number of hydrogen-bond acceptors (Lipinski definition) is 7. The SMILES string of the molecule is CCOC(=O)C1=C(C)N=c2s/c(=C/c3cc(I)c(OCc4ccc5ccccc5c4)c(I)c3)c(=O)n2[C@H]1c1ccccc1OC(C)C. The van der Waals surface area contributed by atoms with Crippen LogP contribution in [0.2, 0.25) is 0 Å². The molecule has 0 amide bonds. The van der Waals surface area contributed by atoms with Gasteiger partial charge in [0, 0.05) is 5.56 Å². The van der Waals surface area contributed by atoms with Crippen LogP contribution in [0.15, 0.2) is 99.9 Å². The summed E-state index contributed by atoms with van der Waals surface area (Å²) in [6.45, 7) is 8.07. The summed E-state index contributed by atoms with van der Waals surface area (Å²) in [5.74, 6) is 0.896. The molecule has 1 aliphatic rings. The highest BCUT2D eigenvalue weighted by Gasteiger charge is 2.35. The highest BCUT2D eigenvalue weighted by molar-refractivity contribution is 14.1. The molecule has 0 spiro atoms. The minimum absolute atomic E-state index is 0.104. The lowest BCUT2D eigenvalue weighted by Crippen LogP contribution is -2.40. The Morgan fingerprint density at radius 3 is 2.43 bits per heavy atom. The standard InChI is InChI=1S/C37H32I2N2O5S/c1-5-44-36(43)32-22(4)40-37-41(33(32)27-12-8-9-13-30(27)46-21(2)3)35(42)31(47-37)19-24-17-28(38)34(29(39)18-24)45-20-23-14-15-25-10-6-7-11-26(25)16-23/h6-19,21,33H,5,20H2,1-4H3/b31-19+/t33-/m0/s1. The smallest absolute Gasteiger partial charge is 0.338 e. The van der Waals surface area contributed by atoms with Crippen LogP contribution in [-0.2, 0) is 16.1 Å². The maximum Gasteiger partial charge on any atom is 0.338 e. The van der Waals surface area contributed by atoms with Gasteiger partial charge in [-0.25, -0.2) is 9.79 Å². The summed E-state index contributed by atoms with van der Waals surface area (Å²) < 4.78 is 21.9. The molecule has 10 heteroatoms. The van der Waals surface area contributed by atoms with Crippen LogP contribution in [0.3, 0.4) is 0 Å². The first-order valence-electron chi connectivity index (χ1n) is 15.2. The van der Waals surface area contributed by atoms with Crippen LogP contribution in [0.1, 0.15) is 50.4 Å². The van der Waals surface area contributed by atoms with Crippen molar-refractivity contribution in [1.82, 2.24) is 4.57 Å². The molecule has 0 radical (unpaired) electrons. The van der Waals surface area contributed by atoms with Crippen molar-refractivity contribution in [1.29, 1.82) is 0 Å². The van der Waals surface area contributed by atoms with Crippen molar-refractivity contribution in [2.75, 3.05) is 6.61 Å². The van der Waals surface area contributed by atoms with Gasteiger partial charge in [-0.15, -0.1) is 0 Å². The largest absolute Gasteiger partial charge is 0.491 e. The topological polar surface area (TPSA) is 79.1 Å². The van der Waals surface area contributed by atoms with Gasteiger partial charge >= 0.3 is 5.97 Å². The lowest BCUT2D eigenvalue weighted by molar-refractivity contribution is -0.139. The molecule has 6 rings (SSSR count). The van der Waals surface area contributed by atoms with Gasteiger partial charge in [-0.2, -0.15) is 0 Å². The molecule has 0 bridgehead atoms. The van der Waals surface area contributed by atoms with Crippen molar-refractivity contribution in [3.8, 4) is 11.5 Å². The molecule has 0 saturated heterocycles. The van der Waals surface area contributed by atoms with Crippen LogP contribution in [0.25, 0.3) is 16.8 Å². The van der Waals surface area contributed by atoms with Crippen molar-refractivity contribution in [2.45, 2.75) is 46.4 Å². The summed E-state index contributed by atoms with van der Waals surface area (Å²) in [7, 11) is 0. The van der Waals surface area contributed by atoms with E-state index in [1.165, 1.54) is 22.1 Å². The monoisotopic (exact) mass is 870 g/mol. The summed E-state index contributed by atoms with van der Waals surface area (Å²) in [5, 5.41) is 2.37. The lowest BCUT2D eigenvalue weighted by Gasteiger charge is -2.26. The number of nitrogens with zero attached hydrogens (tertiary/aromatic N) is 2. The van der Waals surface area contributed by atoms with Crippen molar-refractivity contribution in [2.24, 2.45) is 4.99 Å². The van der Waals surface area contributed by atoms with E-state index in [0.717, 1.165) is 24.0 Å².